The fraction of sp³-hybridized carbons (Fsp3) is 0.500. The van der Waals surface area contributed by atoms with Gasteiger partial charge in [-0.05, 0) is 43.9 Å². The van der Waals surface area contributed by atoms with Crippen molar-refractivity contribution in [1.29, 1.82) is 0 Å². The molecule has 26 heavy (non-hydrogen) atoms. The lowest BCUT2D eigenvalue weighted by Crippen LogP contribution is -2.29. The Hall–Kier alpha value is -1.73. The van der Waals surface area contributed by atoms with E-state index >= 15 is 0 Å². The second-order valence-corrected chi connectivity index (χ2v) is 8.05. The molecule has 2 fully saturated rings. The second-order valence-electron chi connectivity index (χ2n) is 6.67. The van der Waals surface area contributed by atoms with Crippen molar-refractivity contribution >= 4 is 35.2 Å². The van der Waals surface area contributed by atoms with Crippen LogP contribution in [0.2, 0.25) is 5.02 Å². The van der Waals surface area contributed by atoms with Crippen LogP contribution in [0.5, 0.6) is 0 Å². The molecule has 138 valence electrons. The molecular formula is C18H22ClN5OS. The van der Waals surface area contributed by atoms with Crippen LogP contribution in [0, 0.1) is 0 Å². The van der Waals surface area contributed by atoms with E-state index in [0.29, 0.717) is 10.8 Å². The summed E-state index contributed by atoms with van der Waals surface area (Å²) in [5, 5.41) is 10.2. The molecule has 1 amide bonds. The number of hydrogen-bond donors (Lipinski definition) is 0. The SMILES string of the molecule is O=C(CSc1nnc(N2CCCC2)n1-c1cccc(Cl)c1)N1CCCC1. The molecule has 3 heterocycles. The molecule has 2 aliphatic rings. The number of halogens is 1. The van der Waals surface area contributed by atoms with Gasteiger partial charge in [0.05, 0.1) is 11.4 Å². The van der Waals surface area contributed by atoms with Crippen molar-refractivity contribution in [3.8, 4) is 5.69 Å². The summed E-state index contributed by atoms with van der Waals surface area (Å²) < 4.78 is 2.03. The van der Waals surface area contributed by atoms with Crippen molar-refractivity contribution in [2.75, 3.05) is 36.8 Å². The first kappa shape index (κ1) is 17.7. The molecule has 0 N–H and O–H groups in total. The summed E-state index contributed by atoms with van der Waals surface area (Å²) in [6, 6.07) is 7.70. The highest BCUT2D eigenvalue weighted by atomic mass is 35.5. The van der Waals surface area contributed by atoms with E-state index in [1.807, 2.05) is 33.7 Å². The first-order valence-electron chi connectivity index (χ1n) is 9.09. The van der Waals surface area contributed by atoms with Crippen LogP contribution >= 0.6 is 23.4 Å². The molecule has 8 heteroatoms. The van der Waals surface area contributed by atoms with Crippen molar-refractivity contribution in [2.45, 2.75) is 30.8 Å². The molecule has 0 saturated carbocycles. The van der Waals surface area contributed by atoms with Gasteiger partial charge in [-0.3, -0.25) is 9.36 Å². The van der Waals surface area contributed by atoms with Gasteiger partial charge in [-0.15, -0.1) is 10.2 Å². The average Bonchev–Trinajstić information content (AvgIpc) is 3.40. The zero-order chi connectivity index (χ0) is 17.9. The summed E-state index contributed by atoms with van der Waals surface area (Å²) in [5.74, 6) is 1.40. The molecule has 2 aromatic rings. The van der Waals surface area contributed by atoms with E-state index in [2.05, 4.69) is 15.1 Å². The van der Waals surface area contributed by atoms with Crippen LogP contribution in [0.3, 0.4) is 0 Å². The van der Waals surface area contributed by atoms with E-state index < -0.39 is 0 Å². The number of benzene rings is 1. The zero-order valence-electron chi connectivity index (χ0n) is 14.6. The highest BCUT2D eigenvalue weighted by Gasteiger charge is 2.24. The fourth-order valence-electron chi connectivity index (χ4n) is 3.50. The lowest BCUT2D eigenvalue weighted by molar-refractivity contribution is -0.127. The molecule has 2 aliphatic heterocycles. The van der Waals surface area contributed by atoms with Gasteiger partial charge in [0, 0.05) is 31.2 Å². The number of anilines is 1. The van der Waals surface area contributed by atoms with Crippen LogP contribution in [-0.4, -0.2) is 57.5 Å². The van der Waals surface area contributed by atoms with Crippen LogP contribution in [0.4, 0.5) is 5.95 Å². The number of carbonyl (C=O) groups is 1. The van der Waals surface area contributed by atoms with E-state index in [4.69, 9.17) is 11.6 Å². The molecule has 4 rings (SSSR count). The lowest BCUT2D eigenvalue weighted by atomic mass is 10.3. The standard InChI is InChI=1S/C18H22ClN5OS/c19-14-6-5-7-15(12-14)24-17(23-10-3-4-11-23)20-21-18(24)26-13-16(25)22-8-1-2-9-22/h5-7,12H,1-4,8-11,13H2. The van der Waals surface area contributed by atoms with Crippen molar-refractivity contribution in [3.05, 3.63) is 29.3 Å². The third-order valence-corrected chi connectivity index (χ3v) is 6.00. The van der Waals surface area contributed by atoms with E-state index in [9.17, 15) is 4.79 Å². The smallest absolute Gasteiger partial charge is 0.233 e. The molecule has 0 radical (unpaired) electrons. The highest BCUT2D eigenvalue weighted by Crippen LogP contribution is 2.29. The molecule has 0 spiro atoms. The lowest BCUT2D eigenvalue weighted by Gasteiger charge is -2.19. The Kier molecular flexibility index (Phi) is 5.36. The molecule has 1 aromatic carbocycles. The number of thioether (sulfide) groups is 1. The number of hydrogen-bond acceptors (Lipinski definition) is 5. The largest absolute Gasteiger partial charge is 0.342 e. The molecule has 0 unspecified atom stereocenters. The number of amides is 1. The van der Waals surface area contributed by atoms with Gasteiger partial charge in [-0.2, -0.15) is 0 Å². The van der Waals surface area contributed by atoms with Gasteiger partial charge >= 0.3 is 0 Å². The predicted octanol–water partition coefficient (Wildman–Crippen LogP) is 3.24. The zero-order valence-corrected chi connectivity index (χ0v) is 16.2. The quantitative estimate of drug-likeness (QED) is 0.732. The first-order valence-corrected chi connectivity index (χ1v) is 10.5. The normalized spacial score (nSPS) is 17.3. The monoisotopic (exact) mass is 391 g/mol. The molecular weight excluding hydrogens is 370 g/mol. The van der Waals surface area contributed by atoms with Gasteiger partial charge in [0.25, 0.3) is 0 Å². The Labute approximate surface area is 162 Å². The number of aromatic nitrogens is 3. The summed E-state index contributed by atoms with van der Waals surface area (Å²) in [4.78, 5) is 16.6. The maximum absolute atomic E-state index is 12.4. The van der Waals surface area contributed by atoms with Crippen LogP contribution in [0.1, 0.15) is 25.7 Å². The minimum Gasteiger partial charge on any atom is -0.342 e. The topological polar surface area (TPSA) is 54.3 Å². The maximum Gasteiger partial charge on any atom is 0.233 e. The summed E-state index contributed by atoms with van der Waals surface area (Å²) in [6.45, 7) is 3.71. The van der Waals surface area contributed by atoms with E-state index in [0.717, 1.165) is 55.8 Å². The van der Waals surface area contributed by atoms with Crippen LogP contribution in [0.15, 0.2) is 29.4 Å². The number of rotatable bonds is 5. The molecule has 6 nitrogen and oxygen atoms in total. The molecule has 0 bridgehead atoms. The number of carbonyl (C=O) groups excluding carboxylic acids is 1. The second kappa shape index (κ2) is 7.88. The van der Waals surface area contributed by atoms with Gasteiger partial charge in [-0.25, -0.2) is 0 Å². The van der Waals surface area contributed by atoms with E-state index in [1.165, 1.54) is 24.6 Å². The predicted molar refractivity (Wildman–Crippen MR) is 104 cm³/mol. The van der Waals surface area contributed by atoms with Crippen LogP contribution < -0.4 is 4.90 Å². The van der Waals surface area contributed by atoms with Crippen molar-refractivity contribution < 1.29 is 4.79 Å². The van der Waals surface area contributed by atoms with Crippen LogP contribution in [0.25, 0.3) is 5.69 Å². The molecule has 1 aromatic heterocycles. The summed E-state index contributed by atoms with van der Waals surface area (Å²) in [5.41, 5.74) is 0.931. The van der Waals surface area contributed by atoms with E-state index in [-0.39, 0.29) is 5.91 Å². The third kappa shape index (κ3) is 3.69. The maximum atomic E-state index is 12.4. The Morgan fingerprint density at radius 1 is 1.08 bits per heavy atom. The molecule has 0 atom stereocenters. The van der Waals surface area contributed by atoms with Gasteiger partial charge in [-0.1, -0.05) is 29.4 Å². The van der Waals surface area contributed by atoms with Crippen molar-refractivity contribution in [1.82, 2.24) is 19.7 Å². The summed E-state index contributed by atoms with van der Waals surface area (Å²) in [6.07, 6.45) is 4.54. The van der Waals surface area contributed by atoms with Crippen molar-refractivity contribution in [3.63, 3.8) is 0 Å². The summed E-state index contributed by atoms with van der Waals surface area (Å²) >= 11 is 7.66. The Bertz CT molecular complexity index is 784. The van der Waals surface area contributed by atoms with Gasteiger partial charge in [0.1, 0.15) is 0 Å². The number of likely N-dealkylation sites (tertiary alicyclic amines) is 1. The molecule has 0 aliphatic carbocycles. The van der Waals surface area contributed by atoms with E-state index in [1.54, 1.807) is 0 Å². The Morgan fingerprint density at radius 3 is 2.54 bits per heavy atom. The summed E-state index contributed by atoms with van der Waals surface area (Å²) in [7, 11) is 0. The van der Waals surface area contributed by atoms with Crippen molar-refractivity contribution in [2.24, 2.45) is 0 Å². The average molecular weight is 392 g/mol. The minimum atomic E-state index is 0.177. The first-order chi connectivity index (χ1) is 12.7. The fourth-order valence-corrected chi connectivity index (χ4v) is 4.54. The highest BCUT2D eigenvalue weighted by molar-refractivity contribution is 7.99. The number of nitrogens with zero attached hydrogens (tertiary/aromatic N) is 5. The Morgan fingerprint density at radius 2 is 1.81 bits per heavy atom. The van der Waals surface area contributed by atoms with Gasteiger partial charge in [0.15, 0.2) is 5.16 Å². The molecule has 2 saturated heterocycles. The third-order valence-electron chi connectivity index (χ3n) is 4.86. The van der Waals surface area contributed by atoms with Crippen LogP contribution in [-0.2, 0) is 4.79 Å². The minimum absolute atomic E-state index is 0.177. The van der Waals surface area contributed by atoms with Gasteiger partial charge < -0.3 is 9.80 Å². The Balaban J connectivity index is 1.60. The van der Waals surface area contributed by atoms with Gasteiger partial charge in [0.2, 0.25) is 11.9 Å².